The van der Waals surface area contributed by atoms with Crippen molar-refractivity contribution in [2.24, 2.45) is 0 Å². The number of nitrogens with one attached hydrogen (secondary N) is 2. The van der Waals surface area contributed by atoms with Crippen molar-refractivity contribution in [3.63, 3.8) is 0 Å². The molecule has 0 radical (unpaired) electrons. The minimum atomic E-state index is -0.219. The quantitative estimate of drug-likeness (QED) is 0.815. The maximum absolute atomic E-state index is 11.9. The van der Waals surface area contributed by atoms with Gasteiger partial charge in [-0.15, -0.1) is 11.8 Å². The van der Waals surface area contributed by atoms with Crippen LogP contribution >= 0.6 is 11.8 Å². The Hall–Kier alpha value is -0.970. The smallest absolute Gasteiger partial charge is 0.236 e. The average Bonchev–Trinajstić information content (AvgIpc) is 2.85. The lowest BCUT2D eigenvalue weighted by molar-refractivity contribution is -0.123. The summed E-state index contributed by atoms with van der Waals surface area (Å²) in [5, 5.41) is 9.51. The Morgan fingerprint density at radius 1 is 1.80 bits per heavy atom. The molecule has 1 aliphatic rings. The molecule has 1 amide bonds. The molecule has 2 N–H and O–H groups in total. The van der Waals surface area contributed by atoms with Crippen LogP contribution in [-0.2, 0) is 11.3 Å². The van der Waals surface area contributed by atoms with Crippen LogP contribution in [-0.4, -0.2) is 26.6 Å². The van der Waals surface area contributed by atoms with E-state index < -0.39 is 0 Å². The molecule has 4 nitrogen and oxygen atoms in total. The molecular weight excluding hydrogens is 210 g/mol. The molecule has 1 atom stereocenters. The van der Waals surface area contributed by atoms with Gasteiger partial charge in [0.1, 0.15) is 0 Å². The second-order valence-corrected chi connectivity index (χ2v) is 5.57. The lowest BCUT2D eigenvalue weighted by atomic mass is 10.0. The first-order valence-electron chi connectivity index (χ1n) is 5.11. The fourth-order valence-electron chi connectivity index (χ4n) is 1.70. The van der Waals surface area contributed by atoms with Gasteiger partial charge in [0.2, 0.25) is 5.91 Å². The molecule has 1 aromatic heterocycles. The monoisotopic (exact) mass is 225 g/mol. The maximum Gasteiger partial charge on any atom is 0.236 e. The van der Waals surface area contributed by atoms with E-state index in [2.05, 4.69) is 15.5 Å². The molecule has 1 unspecified atom stereocenters. The molecule has 0 bridgehead atoms. The van der Waals surface area contributed by atoms with E-state index in [0.29, 0.717) is 6.54 Å². The van der Waals surface area contributed by atoms with Gasteiger partial charge in [-0.1, -0.05) is 0 Å². The molecule has 15 heavy (non-hydrogen) atoms. The van der Waals surface area contributed by atoms with Gasteiger partial charge in [0.15, 0.2) is 0 Å². The van der Waals surface area contributed by atoms with Crippen molar-refractivity contribution in [3.8, 4) is 0 Å². The molecule has 2 rings (SSSR count). The second-order valence-electron chi connectivity index (χ2n) is 3.97. The zero-order valence-electron chi connectivity index (χ0n) is 8.75. The van der Waals surface area contributed by atoms with Crippen molar-refractivity contribution in [2.45, 2.75) is 31.1 Å². The summed E-state index contributed by atoms with van der Waals surface area (Å²) in [6, 6.07) is 0. The predicted octanol–water partition coefficient (Wildman–Crippen LogP) is 1.31. The summed E-state index contributed by atoms with van der Waals surface area (Å²) in [4.78, 5) is 11.9. The van der Waals surface area contributed by atoms with Crippen LogP contribution in [0.25, 0.3) is 0 Å². The topological polar surface area (TPSA) is 57.8 Å². The molecule has 5 heteroatoms. The number of hydrogen-bond acceptors (Lipinski definition) is 3. The van der Waals surface area contributed by atoms with Gasteiger partial charge in [-0.2, -0.15) is 5.10 Å². The van der Waals surface area contributed by atoms with E-state index in [-0.39, 0.29) is 10.7 Å². The van der Waals surface area contributed by atoms with Crippen molar-refractivity contribution in [1.29, 1.82) is 0 Å². The summed E-state index contributed by atoms with van der Waals surface area (Å²) in [5.74, 6) is 1.24. The van der Waals surface area contributed by atoms with Gasteiger partial charge >= 0.3 is 0 Å². The Balaban J connectivity index is 1.87. The van der Waals surface area contributed by atoms with Gasteiger partial charge < -0.3 is 5.32 Å². The van der Waals surface area contributed by atoms with Gasteiger partial charge in [-0.3, -0.25) is 9.89 Å². The van der Waals surface area contributed by atoms with E-state index in [0.717, 1.165) is 24.2 Å². The van der Waals surface area contributed by atoms with Crippen LogP contribution in [0.2, 0.25) is 0 Å². The van der Waals surface area contributed by atoms with Crippen LogP contribution in [0.15, 0.2) is 12.4 Å². The lowest BCUT2D eigenvalue weighted by Gasteiger charge is -2.21. The maximum atomic E-state index is 11.9. The minimum absolute atomic E-state index is 0.145. The van der Waals surface area contributed by atoms with Gasteiger partial charge in [0, 0.05) is 18.3 Å². The molecule has 0 saturated carbocycles. The number of H-pyrrole nitrogens is 1. The van der Waals surface area contributed by atoms with Gasteiger partial charge in [-0.25, -0.2) is 0 Å². The Morgan fingerprint density at radius 3 is 3.27 bits per heavy atom. The van der Waals surface area contributed by atoms with Crippen LogP contribution < -0.4 is 5.32 Å². The lowest BCUT2D eigenvalue weighted by Crippen LogP contribution is -2.39. The molecule has 0 spiro atoms. The van der Waals surface area contributed by atoms with Gasteiger partial charge in [-0.05, 0) is 25.5 Å². The Labute approximate surface area is 93.2 Å². The Bertz CT molecular complexity index is 330. The third-order valence-electron chi connectivity index (χ3n) is 2.71. The van der Waals surface area contributed by atoms with Crippen LogP contribution in [0.1, 0.15) is 25.3 Å². The average molecular weight is 225 g/mol. The summed E-state index contributed by atoms with van der Waals surface area (Å²) in [6.45, 7) is 2.58. The highest BCUT2D eigenvalue weighted by Crippen LogP contribution is 2.37. The molecule has 0 aromatic carbocycles. The number of aromatic amines is 1. The zero-order valence-corrected chi connectivity index (χ0v) is 9.56. The number of carbonyl (C=O) groups excluding carboxylic acids is 1. The van der Waals surface area contributed by atoms with E-state index in [4.69, 9.17) is 0 Å². The number of nitrogens with zero attached hydrogens (tertiary/aromatic N) is 1. The molecule has 2 heterocycles. The van der Waals surface area contributed by atoms with E-state index in [1.807, 2.05) is 6.92 Å². The highest BCUT2D eigenvalue weighted by atomic mass is 32.2. The van der Waals surface area contributed by atoms with Crippen molar-refractivity contribution in [3.05, 3.63) is 18.0 Å². The number of hydrogen-bond donors (Lipinski definition) is 2. The van der Waals surface area contributed by atoms with Crippen molar-refractivity contribution in [1.82, 2.24) is 15.5 Å². The summed E-state index contributed by atoms with van der Waals surface area (Å²) >= 11 is 1.75. The molecule has 1 fully saturated rings. The SMILES string of the molecule is CC1(C(=O)NCc2cn[nH]c2)CCCS1. The Morgan fingerprint density at radius 2 is 2.67 bits per heavy atom. The Kier molecular flexibility index (Phi) is 3.00. The highest BCUT2D eigenvalue weighted by molar-refractivity contribution is 8.01. The van der Waals surface area contributed by atoms with E-state index >= 15 is 0 Å². The van der Waals surface area contributed by atoms with E-state index in [1.165, 1.54) is 0 Å². The molecule has 82 valence electrons. The molecule has 0 aliphatic carbocycles. The minimum Gasteiger partial charge on any atom is -0.351 e. The summed E-state index contributed by atoms with van der Waals surface area (Å²) in [6.07, 6.45) is 5.64. The standard InChI is InChI=1S/C10H15N3OS/c1-10(3-2-4-15-10)9(14)11-5-8-6-12-13-7-8/h6-7H,2-5H2,1H3,(H,11,14)(H,12,13). The third kappa shape index (κ3) is 2.34. The van der Waals surface area contributed by atoms with Crippen LogP contribution in [0.5, 0.6) is 0 Å². The first-order chi connectivity index (χ1) is 7.21. The first kappa shape index (κ1) is 10.5. The van der Waals surface area contributed by atoms with Crippen LogP contribution in [0.3, 0.4) is 0 Å². The molecule has 1 saturated heterocycles. The van der Waals surface area contributed by atoms with Gasteiger partial charge in [0.05, 0.1) is 10.9 Å². The fraction of sp³-hybridized carbons (Fsp3) is 0.600. The van der Waals surface area contributed by atoms with Crippen molar-refractivity contribution in [2.75, 3.05) is 5.75 Å². The zero-order chi connectivity index (χ0) is 10.7. The van der Waals surface area contributed by atoms with Crippen molar-refractivity contribution < 1.29 is 4.79 Å². The molecule has 1 aliphatic heterocycles. The molecular formula is C10H15N3OS. The number of amides is 1. The number of carbonyl (C=O) groups is 1. The number of thioether (sulfide) groups is 1. The summed E-state index contributed by atoms with van der Waals surface area (Å²) < 4.78 is -0.219. The first-order valence-corrected chi connectivity index (χ1v) is 6.09. The van der Waals surface area contributed by atoms with Crippen molar-refractivity contribution >= 4 is 17.7 Å². The number of aromatic nitrogens is 2. The van der Waals surface area contributed by atoms with Crippen LogP contribution in [0, 0.1) is 0 Å². The normalized spacial score (nSPS) is 25.4. The second kappa shape index (κ2) is 4.26. The van der Waals surface area contributed by atoms with E-state index in [1.54, 1.807) is 24.2 Å². The van der Waals surface area contributed by atoms with Crippen LogP contribution in [0.4, 0.5) is 0 Å². The summed E-state index contributed by atoms with van der Waals surface area (Å²) in [7, 11) is 0. The summed E-state index contributed by atoms with van der Waals surface area (Å²) in [5.41, 5.74) is 1.01. The van der Waals surface area contributed by atoms with E-state index in [9.17, 15) is 4.79 Å². The largest absolute Gasteiger partial charge is 0.351 e. The third-order valence-corrected chi connectivity index (χ3v) is 4.23. The fourth-order valence-corrected chi connectivity index (χ4v) is 2.93. The predicted molar refractivity (Wildman–Crippen MR) is 60.5 cm³/mol. The molecule has 1 aromatic rings. The van der Waals surface area contributed by atoms with Gasteiger partial charge in [0.25, 0.3) is 0 Å². The number of rotatable bonds is 3. The highest BCUT2D eigenvalue weighted by Gasteiger charge is 2.36.